The van der Waals surface area contributed by atoms with Crippen molar-refractivity contribution in [1.29, 1.82) is 0 Å². The Morgan fingerprint density at radius 1 is 0.895 bits per heavy atom. The van der Waals surface area contributed by atoms with Crippen molar-refractivity contribution in [2.75, 3.05) is 0 Å². The zero-order valence-electron chi connectivity index (χ0n) is 11.5. The maximum absolute atomic E-state index is 10.9. The van der Waals surface area contributed by atoms with Gasteiger partial charge in [-0.3, -0.25) is 0 Å². The van der Waals surface area contributed by atoms with E-state index in [-0.39, 0.29) is 5.69 Å². The van der Waals surface area contributed by atoms with E-state index in [9.17, 15) is 4.79 Å². The number of aromatic nitrogens is 2. The predicted octanol–water partition coefficient (Wildman–Crippen LogP) is 3.08. The van der Waals surface area contributed by atoms with Crippen molar-refractivity contribution in [1.82, 2.24) is 10.2 Å². The van der Waals surface area contributed by atoms with Crippen LogP contribution < -0.4 is 0 Å². The molecule has 1 N–H and O–H groups in total. The van der Waals surface area contributed by atoms with E-state index in [0.29, 0.717) is 11.3 Å². The highest BCUT2D eigenvalue weighted by Crippen LogP contribution is 2.25. The van der Waals surface area contributed by atoms with E-state index in [1.54, 1.807) is 13.0 Å². The summed E-state index contributed by atoms with van der Waals surface area (Å²) in [4.78, 5) is 10.9. The zero-order chi connectivity index (χ0) is 14.2. The zero-order valence-corrected chi connectivity index (χ0v) is 11.5. The standard InChI is InChI=1S/C15H16N2O2/c1-8-5-10(3)12(6-9(8)2)13-7-11(4)14(15(18)19)17-16-13/h5-7H,1-4H3,(H,18,19). The topological polar surface area (TPSA) is 63.1 Å². The largest absolute Gasteiger partial charge is 0.476 e. The van der Waals surface area contributed by atoms with Gasteiger partial charge in [0.25, 0.3) is 0 Å². The molecule has 2 aromatic rings. The van der Waals surface area contributed by atoms with Crippen molar-refractivity contribution in [3.05, 3.63) is 46.1 Å². The van der Waals surface area contributed by atoms with Crippen LogP contribution in [-0.4, -0.2) is 21.3 Å². The van der Waals surface area contributed by atoms with Crippen LogP contribution in [-0.2, 0) is 0 Å². The molecule has 4 heteroatoms. The Labute approximate surface area is 112 Å². The summed E-state index contributed by atoms with van der Waals surface area (Å²) in [6, 6.07) is 5.94. The molecule has 0 atom stereocenters. The Kier molecular flexibility index (Phi) is 3.34. The fourth-order valence-electron chi connectivity index (χ4n) is 2.06. The van der Waals surface area contributed by atoms with Crippen molar-refractivity contribution in [2.45, 2.75) is 27.7 Å². The first-order chi connectivity index (χ1) is 8.90. The average molecular weight is 256 g/mol. The summed E-state index contributed by atoms with van der Waals surface area (Å²) in [6.45, 7) is 7.86. The molecule has 19 heavy (non-hydrogen) atoms. The maximum atomic E-state index is 10.9. The molecule has 0 radical (unpaired) electrons. The molecule has 1 heterocycles. The molecule has 0 aliphatic rings. The smallest absolute Gasteiger partial charge is 0.356 e. The van der Waals surface area contributed by atoms with Crippen molar-refractivity contribution < 1.29 is 9.90 Å². The predicted molar refractivity (Wildman–Crippen MR) is 73.4 cm³/mol. The minimum Gasteiger partial charge on any atom is -0.476 e. The van der Waals surface area contributed by atoms with Gasteiger partial charge in [-0.05, 0) is 62.1 Å². The number of rotatable bonds is 2. The third kappa shape index (κ3) is 2.47. The lowest BCUT2D eigenvalue weighted by Crippen LogP contribution is -2.06. The van der Waals surface area contributed by atoms with E-state index in [0.717, 1.165) is 11.1 Å². The molecule has 0 amide bonds. The summed E-state index contributed by atoms with van der Waals surface area (Å²) in [5.41, 5.74) is 5.86. The van der Waals surface area contributed by atoms with Crippen LogP contribution in [0.3, 0.4) is 0 Å². The second-order valence-electron chi connectivity index (χ2n) is 4.82. The van der Waals surface area contributed by atoms with Crippen molar-refractivity contribution in [3.63, 3.8) is 0 Å². The Morgan fingerprint density at radius 2 is 1.53 bits per heavy atom. The quantitative estimate of drug-likeness (QED) is 0.896. The Hall–Kier alpha value is -2.23. The summed E-state index contributed by atoms with van der Waals surface area (Å²) in [6.07, 6.45) is 0. The minimum atomic E-state index is -1.05. The van der Waals surface area contributed by atoms with Gasteiger partial charge in [-0.25, -0.2) is 4.79 Å². The SMILES string of the molecule is Cc1cc(C)c(-c2cc(C)c(C(=O)O)nn2)cc1C. The Balaban J connectivity index is 2.57. The molecule has 0 bridgehead atoms. The molecule has 98 valence electrons. The van der Waals surface area contributed by atoms with Crippen LogP contribution in [0.4, 0.5) is 0 Å². The lowest BCUT2D eigenvalue weighted by atomic mass is 9.98. The molecule has 2 rings (SSSR count). The summed E-state index contributed by atoms with van der Waals surface area (Å²) in [5, 5.41) is 16.8. The molecule has 1 aromatic carbocycles. The molecule has 0 aliphatic heterocycles. The number of hydrogen-bond donors (Lipinski definition) is 1. The third-order valence-corrected chi connectivity index (χ3v) is 3.30. The van der Waals surface area contributed by atoms with Crippen molar-refractivity contribution in [2.24, 2.45) is 0 Å². The van der Waals surface area contributed by atoms with Gasteiger partial charge in [0.15, 0.2) is 5.69 Å². The lowest BCUT2D eigenvalue weighted by Gasteiger charge is -2.10. The van der Waals surface area contributed by atoms with Crippen LogP contribution in [0.2, 0.25) is 0 Å². The molecule has 0 fully saturated rings. The number of hydrogen-bond acceptors (Lipinski definition) is 3. The van der Waals surface area contributed by atoms with E-state index in [2.05, 4.69) is 29.3 Å². The number of nitrogens with zero attached hydrogens (tertiary/aromatic N) is 2. The van der Waals surface area contributed by atoms with Gasteiger partial charge >= 0.3 is 5.97 Å². The summed E-state index contributed by atoms with van der Waals surface area (Å²) in [7, 11) is 0. The Bertz CT molecular complexity index is 663. The lowest BCUT2D eigenvalue weighted by molar-refractivity contribution is 0.0688. The highest BCUT2D eigenvalue weighted by molar-refractivity contribution is 5.87. The van der Waals surface area contributed by atoms with Gasteiger partial charge in [-0.15, -0.1) is 10.2 Å². The van der Waals surface area contributed by atoms with Crippen molar-refractivity contribution >= 4 is 5.97 Å². The number of carboxylic acid groups (broad SMARTS) is 1. The van der Waals surface area contributed by atoms with Crippen LogP contribution in [0, 0.1) is 27.7 Å². The van der Waals surface area contributed by atoms with Gasteiger partial charge in [-0.1, -0.05) is 6.07 Å². The minimum absolute atomic E-state index is 0.00485. The Morgan fingerprint density at radius 3 is 2.11 bits per heavy atom. The van der Waals surface area contributed by atoms with Crippen LogP contribution in [0.1, 0.15) is 32.7 Å². The molecule has 0 aliphatic carbocycles. The first-order valence-electron chi connectivity index (χ1n) is 6.06. The normalized spacial score (nSPS) is 10.5. The second-order valence-corrected chi connectivity index (χ2v) is 4.82. The van der Waals surface area contributed by atoms with Crippen molar-refractivity contribution in [3.8, 4) is 11.3 Å². The highest BCUT2D eigenvalue weighted by Gasteiger charge is 2.13. The number of benzene rings is 1. The molecule has 0 saturated carbocycles. The fourth-order valence-corrected chi connectivity index (χ4v) is 2.06. The van der Waals surface area contributed by atoms with Gasteiger partial charge < -0.3 is 5.11 Å². The van der Waals surface area contributed by atoms with Crippen LogP contribution >= 0.6 is 0 Å². The number of aryl methyl sites for hydroxylation is 4. The van der Waals surface area contributed by atoms with E-state index < -0.39 is 5.97 Å². The molecular weight excluding hydrogens is 240 g/mol. The van der Waals surface area contributed by atoms with Gasteiger partial charge in [0, 0.05) is 5.56 Å². The monoisotopic (exact) mass is 256 g/mol. The van der Waals surface area contributed by atoms with E-state index >= 15 is 0 Å². The summed E-state index contributed by atoms with van der Waals surface area (Å²) < 4.78 is 0. The maximum Gasteiger partial charge on any atom is 0.356 e. The highest BCUT2D eigenvalue weighted by atomic mass is 16.4. The fraction of sp³-hybridized carbons (Fsp3) is 0.267. The van der Waals surface area contributed by atoms with Crippen LogP contribution in [0.25, 0.3) is 11.3 Å². The van der Waals surface area contributed by atoms with Gasteiger partial charge in [0.05, 0.1) is 5.69 Å². The van der Waals surface area contributed by atoms with Gasteiger partial charge in [-0.2, -0.15) is 0 Å². The van der Waals surface area contributed by atoms with Gasteiger partial charge in [0.2, 0.25) is 0 Å². The number of carboxylic acids is 1. The first-order valence-corrected chi connectivity index (χ1v) is 6.06. The molecule has 4 nitrogen and oxygen atoms in total. The van der Waals surface area contributed by atoms with Crippen LogP contribution in [0.15, 0.2) is 18.2 Å². The molecular formula is C15H16N2O2. The average Bonchev–Trinajstić information content (AvgIpc) is 2.33. The second kappa shape index (κ2) is 4.80. The number of carbonyl (C=O) groups is 1. The first kappa shape index (κ1) is 13.2. The van der Waals surface area contributed by atoms with E-state index in [4.69, 9.17) is 5.11 Å². The molecule has 1 aromatic heterocycles. The third-order valence-electron chi connectivity index (χ3n) is 3.30. The van der Waals surface area contributed by atoms with Gasteiger partial charge in [0.1, 0.15) is 0 Å². The van der Waals surface area contributed by atoms with E-state index in [1.807, 2.05) is 13.8 Å². The summed E-state index contributed by atoms with van der Waals surface area (Å²) in [5.74, 6) is -1.05. The number of aromatic carboxylic acids is 1. The molecule has 0 saturated heterocycles. The summed E-state index contributed by atoms with van der Waals surface area (Å²) >= 11 is 0. The van der Waals surface area contributed by atoms with Crippen LogP contribution in [0.5, 0.6) is 0 Å². The van der Waals surface area contributed by atoms with E-state index in [1.165, 1.54) is 11.1 Å². The molecule has 0 spiro atoms. The molecule has 0 unspecified atom stereocenters.